The predicted octanol–water partition coefficient (Wildman–Crippen LogP) is 0.153. The number of carboxylic acid groups (broad SMARTS) is 1. The van der Waals surface area contributed by atoms with Crippen LogP contribution in [-0.2, 0) is 9.59 Å². The van der Waals surface area contributed by atoms with Crippen LogP contribution in [0.2, 0.25) is 0 Å². The van der Waals surface area contributed by atoms with Crippen molar-refractivity contribution in [2.24, 2.45) is 0 Å². The maximum Gasteiger partial charge on any atom is 0.376 e. The van der Waals surface area contributed by atoms with Gasteiger partial charge in [0.15, 0.2) is 0 Å². The Morgan fingerprint density at radius 2 is 2.09 bits per heavy atom. The van der Waals surface area contributed by atoms with Gasteiger partial charge >= 0.3 is 5.97 Å². The van der Waals surface area contributed by atoms with Crippen LogP contribution in [-0.4, -0.2) is 23.4 Å². The molecule has 0 aliphatic rings. The fourth-order valence-electron chi connectivity index (χ4n) is 0.588. The second-order valence-corrected chi connectivity index (χ2v) is 2.03. The maximum atomic E-state index is 10.5. The van der Waals surface area contributed by atoms with Crippen LogP contribution in [0.3, 0.4) is 0 Å². The largest absolute Gasteiger partial charge is 0.475 e. The van der Waals surface area contributed by atoms with Gasteiger partial charge in [-0.05, 0) is 13.8 Å². The van der Waals surface area contributed by atoms with Crippen molar-refractivity contribution in [3.63, 3.8) is 0 Å². The molecular formula is C7H11NO3. The van der Waals surface area contributed by atoms with Crippen molar-refractivity contribution < 1.29 is 14.7 Å². The predicted molar refractivity (Wildman–Crippen MR) is 40.1 cm³/mol. The topological polar surface area (TPSA) is 66.4 Å². The van der Waals surface area contributed by atoms with Crippen molar-refractivity contribution in [2.45, 2.75) is 13.8 Å². The van der Waals surface area contributed by atoms with E-state index in [-0.39, 0.29) is 0 Å². The van der Waals surface area contributed by atoms with Gasteiger partial charge in [-0.2, -0.15) is 0 Å². The van der Waals surface area contributed by atoms with Crippen molar-refractivity contribution >= 4 is 11.8 Å². The summed E-state index contributed by atoms with van der Waals surface area (Å²) in [5.74, 6) is -2.33. The highest BCUT2D eigenvalue weighted by Gasteiger charge is 2.06. The minimum atomic E-state index is -1.43. The second-order valence-electron chi connectivity index (χ2n) is 2.03. The van der Waals surface area contributed by atoms with Gasteiger partial charge in [-0.3, -0.25) is 4.79 Å². The molecule has 0 unspecified atom stereocenters. The summed E-state index contributed by atoms with van der Waals surface area (Å²) in [7, 11) is 0. The first-order valence-corrected chi connectivity index (χ1v) is 3.27. The standard InChI is InChI=1S/C7H11NO3/c1-3-8-5(2)4-6(9)7(10)11/h4,8H,3H2,1-2H3,(H,10,11). The Kier molecular flexibility index (Phi) is 3.95. The van der Waals surface area contributed by atoms with Gasteiger partial charge in [0.25, 0.3) is 5.78 Å². The second kappa shape index (κ2) is 4.49. The van der Waals surface area contributed by atoms with Gasteiger partial charge in [0.2, 0.25) is 0 Å². The summed E-state index contributed by atoms with van der Waals surface area (Å²) in [5.41, 5.74) is 0.569. The van der Waals surface area contributed by atoms with Gasteiger partial charge in [-0.15, -0.1) is 0 Å². The van der Waals surface area contributed by atoms with Crippen LogP contribution in [0.5, 0.6) is 0 Å². The van der Waals surface area contributed by atoms with Crippen molar-refractivity contribution in [2.75, 3.05) is 6.54 Å². The number of aliphatic carboxylic acids is 1. The normalized spacial score (nSPS) is 10.9. The van der Waals surface area contributed by atoms with Crippen molar-refractivity contribution in [1.82, 2.24) is 5.32 Å². The Morgan fingerprint density at radius 3 is 2.45 bits per heavy atom. The van der Waals surface area contributed by atoms with Gasteiger partial charge in [0.05, 0.1) is 0 Å². The number of nitrogens with one attached hydrogen (secondary N) is 1. The van der Waals surface area contributed by atoms with Gasteiger partial charge in [-0.25, -0.2) is 4.79 Å². The molecule has 0 aromatic rings. The zero-order valence-electron chi connectivity index (χ0n) is 6.55. The van der Waals surface area contributed by atoms with E-state index in [1.165, 1.54) is 0 Å². The molecule has 0 radical (unpaired) electrons. The summed E-state index contributed by atoms with van der Waals surface area (Å²) in [6, 6.07) is 0. The maximum absolute atomic E-state index is 10.5. The van der Waals surface area contributed by atoms with E-state index in [1.807, 2.05) is 6.92 Å². The number of rotatable bonds is 4. The highest BCUT2D eigenvalue weighted by atomic mass is 16.4. The molecule has 4 heteroatoms. The van der Waals surface area contributed by atoms with E-state index in [0.717, 1.165) is 6.08 Å². The number of carbonyl (C=O) groups is 2. The fraction of sp³-hybridized carbons (Fsp3) is 0.429. The van der Waals surface area contributed by atoms with E-state index in [2.05, 4.69) is 5.32 Å². The van der Waals surface area contributed by atoms with E-state index < -0.39 is 11.8 Å². The minimum absolute atomic E-state index is 0.569. The summed E-state index contributed by atoms with van der Waals surface area (Å²) >= 11 is 0. The smallest absolute Gasteiger partial charge is 0.376 e. The van der Waals surface area contributed by atoms with Crippen LogP contribution in [0.1, 0.15) is 13.8 Å². The quantitative estimate of drug-likeness (QED) is 0.450. The van der Waals surface area contributed by atoms with Crippen LogP contribution in [0.25, 0.3) is 0 Å². The molecule has 0 fully saturated rings. The molecular weight excluding hydrogens is 146 g/mol. The highest BCUT2D eigenvalue weighted by Crippen LogP contribution is 1.86. The van der Waals surface area contributed by atoms with E-state index in [4.69, 9.17) is 5.11 Å². The Morgan fingerprint density at radius 1 is 1.55 bits per heavy atom. The van der Waals surface area contributed by atoms with Crippen LogP contribution >= 0.6 is 0 Å². The summed E-state index contributed by atoms with van der Waals surface area (Å²) in [6.45, 7) is 4.18. The fourth-order valence-corrected chi connectivity index (χ4v) is 0.588. The number of hydrogen-bond donors (Lipinski definition) is 2. The molecule has 0 saturated carbocycles. The number of carboxylic acids is 1. The molecule has 0 atom stereocenters. The average Bonchev–Trinajstić information content (AvgIpc) is 1.87. The lowest BCUT2D eigenvalue weighted by atomic mass is 10.3. The summed E-state index contributed by atoms with van der Waals surface area (Å²) < 4.78 is 0. The molecule has 11 heavy (non-hydrogen) atoms. The van der Waals surface area contributed by atoms with Crippen LogP contribution in [0.4, 0.5) is 0 Å². The monoisotopic (exact) mass is 157 g/mol. The molecule has 4 nitrogen and oxygen atoms in total. The van der Waals surface area contributed by atoms with Crippen molar-refractivity contribution in [3.8, 4) is 0 Å². The lowest BCUT2D eigenvalue weighted by Crippen LogP contribution is -2.15. The van der Waals surface area contributed by atoms with Gasteiger partial charge < -0.3 is 10.4 Å². The summed E-state index contributed by atoms with van der Waals surface area (Å²) in [4.78, 5) is 20.5. The molecule has 0 heterocycles. The van der Waals surface area contributed by atoms with Crippen LogP contribution in [0, 0.1) is 0 Å². The van der Waals surface area contributed by atoms with Crippen molar-refractivity contribution in [3.05, 3.63) is 11.8 Å². The summed E-state index contributed by atoms with van der Waals surface area (Å²) in [5, 5.41) is 11.0. The van der Waals surface area contributed by atoms with Crippen LogP contribution < -0.4 is 5.32 Å². The van der Waals surface area contributed by atoms with E-state index in [0.29, 0.717) is 12.2 Å². The lowest BCUT2D eigenvalue weighted by molar-refractivity contribution is -0.146. The number of ketones is 1. The average molecular weight is 157 g/mol. The SMILES string of the molecule is CCNC(C)=CC(=O)C(=O)O. The lowest BCUT2D eigenvalue weighted by Gasteiger charge is -1.99. The zero-order chi connectivity index (χ0) is 8.85. The third kappa shape index (κ3) is 4.13. The number of allylic oxidation sites excluding steroid dienone is 1. The molecule has 0 aromatic carbocycles. The van der Waals surface area contributed by atoms with Crippen LogP contribution in [0.15, 0.2) is 11.8 Å². The van der Waals surface area contributed by atoms with Gasteiger partial charge in [-0.1, -0.05) is 0 Å². The molecule has 0 rings (SSSR count). The highest BCUT2D eigenvalue weighted by molar-refractivity contribution is 6.37. The number of carbonyl (C=O) groups excluding carboxylic acids is 1. The van der Waals surface area contributed by atoms with E-state index in [9.17, 15) is 9.59 Å². The molecule has 62 valence electrons. The Bertz CT molecular complexity index is 196. The third-order valence-corrected chi connectivity index (χ3v) is 1.01. The van der Waals surface area contributed by atoms with E-state index in [1.54, 1.807) is 6.92 Å². The first-order chi connectivity index (χ1) is 5.07. The molecule has 0 aliphatic carbocycles. The first kappa shape index (κ1) is 9.68. The third-order valence-electron chi connectivity index (χ3n) is 1.01. The molecule has 0 bridgehead atoms. The molecule has 0 aromatic heterocycles. The molecule has 0 saturated heterocycles. The Balaban J connectivity index is 4.08. The summed E-state index contributed by atoms with van der Waals surface area (Å²) in [6.07, 6.45) is 1.06. The van der Waals surface area contributed by atoms with Gasteiger partial charge in [0, 0.05) is 18.3 Å². The number of hydrogen-bond acceptors (Lipinski definition) is 3. The van der Waals surface area contributed by atoms with Crippen molar-refractivity contribution in [1.29, 1.82) is 0 Å². The Labute approximate surface area is 64.9 Å². The first-order valence-electron chi connectivity index (χ1n) is 3.27. The molecule has 0 spiro atoms. The molecule has 2 N–H and O–H groups in total. The minimum Gasteiger partial charge on any atom is -0.475 e. The van der Waals surface area contributed by atoms with E-state index >= 15 is 0 Å². The Hall–Kier alpha value is -1.32. The molecule has 0 aliphatic heterocycles. The van der Waals surface area contributed by atoms with Gasteiger partial charge in [0.1, 0.15) is 0 Å². The molecule has 0 amide bonds. The zero-order valence-corrected chi connectivity index (χ0v) is 6.55.